The number of rotatable bonds is 0. The molecule has 0 saturated carbocycles. The Labute approximate surface area is 48.8 Å². The molecule has 0 aromatic carbocycles. The fourth-order valence-electron chi connectivity index (χ4n) is 0.471. The minimum absolute atomic E-state index is 0.757. The smallest absolute Gasteiger partial charge is 0.196 e. The van der Waals surface area contributed by atoms with E-state index in [4.69, 9.17) is 0 Å². The predicted octanol–water partition coefficient (Wildman–Crippen LogP) is -0.268. The Balaban J connectivity index is 2.74. The lowest BCUT2D eigenvalue weighted by atomic mass is 10.5. The molecule has 1 heterocycles. The van der Waals surface area contributed by atoms with E-state index in [2.05, 4.69) is 18.6 Å². The maximum atomic E-state index is 3.91. The monoisotopic (exact) mass is 108 g/mol. The Morgan fingerprint density at radius 2 is 2.50 bits per heavy atom. The van der Waals surface area contributed by atoms with Gasteiger partial charge in [-0.15, -0.1) is 7.05 Å². The molecule has 0 aromatic rings. The van der Waals surface area contributed by atoms with Crippen molar-refractivity contribution in [2.45, 2.75) is 0 Å². The Hall–Kier alpha value is -0.890. The van der Waals surface area contributed by atoms with E-state index in [9.17, 15) is 0 Å². The van der Waals surface area contributed by atoms with Gasteiger partial charge in [0.2, 0.25) is 0 Å². The normalized spacial score (nSPS) is 26.6. The third-order valence-corrected chi connectivity index (χ3v) is 0.985. The summed E-state index contributed by atoms with van der Waals surface area (Å²) in [5, 5.41) is 0. The molecule has 0 spiro atoms. The molecule has 0 fully saturated rings. The van der Waals surface area contributed by atoms with E-state index in [0.717, 1.165) is 10.7 Å². The zero-order valence-electron chi connectivity index (χ0n) is 4.59. The van der Waals surface area contributed by atoms with Crippen molar-refractivity contribution in [1.29, 1.82) is 0 Å². The molecule has 1 aliphatic rings. The molecule has 0 bridgehead atoms. The van der Waals surface area contributed by atoms with Crippen LogP contribution in [0.1, 0.15) is 0 Å². The lowest BCUT2D eigenvalue weighted by Crippen LogP contribution is -2.99. The second kappa shape index (κ2) is 1.92. The van der Waals surface area contributed by atoms with Gasteiger partial charge in [0.15, 0.2) is 5.82 Å². The van der Waals surface area contributed by atoms with Crippen molar-refractivity contribution in [3.63, 3.8) is 0 Å². The zero-order valence-corrected chi connectivity index (χ0v) is 4.59. The summed E-state index contributed by atoms with van der Waals surface area (Å²) in [5.74, 6) is 0.757. The second-order valence-corrected chi connectivity index (χ2v) is 1.61. The lowest BCUT2D eigenvalue weighted by Gasteiger charge is -2.14. The summed E-state index contributed by atoms with van der Waals surface area (Å²) >= 11 is 0. The molecule has 2 nitrogen and oxygen atoms in total. The highest BCUT2D eigenvalue weighted by Crippen LogP contribution is 1.81. The highest BCUT2D eigenvalue weighted by Gasteiger charge is 1.96. The van der Waals surface area contributed by atoms with Gasteiger partial charge < -0.3 is 4.90 Å². The van der Waals surface area contributed by atoms with E-state index in [1.807, 2.05) is 12.3 Å². The summed E-state index contributed by atoms with van der Waals surface area (Å²) in [6, 6.07) is 0. The standard InChI is InChI=1S/C6H8N2/c1-6-7-4-3-5-8(6)2/h3-5,8H,1-2H2. The summed E-state index contributed by atoms with van der Waals surface area (Å²) in [6.07, 6.45) is 5.43. The lowest BCUT2D eigenvalue weighted by molar-refractivity contribution is -0.753. The van der Waals surface area contributed by atoms with Crippen molar-refractivity contribution in [2.24, 2.45) is 4.99 Å². The van der Waals surface area contributed by atoms with Crippen molar-refractivity contribution in [2.75, 3.05) is 0 Å². The van der Waals surface area contributed by atoms with Crippen LogP contribution in [0.4, 0.5) is 0 Å². The number of nitrogens with zero attached hydrogens (tertiary/aromatic N) is 1. The number of hydrogen-bond donors (Lipinski definition) is 1. The SMILES string of the molecule is C=C1N=CC=C[NH+]1[CH2-]. The molecular formula is C6H8N2. The molecular weight excluding hydrogens is 100 g/mol. The van der Waals surface area contributed by atoms with Crippen LogP contribution in [0.15, 0.2) is 29.7 Å². The number of quaternary nitrogens is 1. The van der Waals surface area contributed by atoms with Gasteiger partial charge in [0, 0.05) is 12.3 Å². The molecule has 0 aliphatic carbocycles. The first kappa shape index (κ1) is 5.25. The van der Waals surface area contributed by atoms with E-state index in [1.54, 1.807) is 6.21 Å². The molecule has 0 aromatic heterocycles. The minimum atomic E-state index is 0.757. The largest absolute Gasteiger partial charge is 0.392 e. The molecule has 0 amide bonds. The molecule has 1 aliphatic heterocycles. The molecule has 1 N–H and O–H groups in total. The van der Waals surface area contributed by atoms with Crippen LogP contribution < -0.4 is 4.90 Å². The minimum Gasteiger partial charge on any atom is -0.392 e. The Kier molecular flexibility index (Phi) is 1.26. The quantitative estimate of drug-likeness (QED) is 0.411. The van der Waals surface area contributed by atoms with Gasteiger partial charge in [0.05, 0.1) is 6.20 Å². The number of nitrogens with one attached hydrogen (secondary N) is 1. The maximum Gasteiger partial charge on any atom is 0.196 e. The van der Waals surface area contributed by atoms with Gasteiger partial charge in [-0.2, -0.15) is 0 Å². The number of allylic oxidation sites excluding steroid dienone is 1. The fourth-order valence-corrected chi connectivity index (χ4v) is 0.471. The van der Waals surface area contributed by atoms with Crippen LogP contribution in [0.3, 0.4) is 0 Å². The Morgan fingerprint density at radius 1 is 1.75 bits per heavy atom. The third-order valence-electron chi connectivity index (χ3n) is 0.985. The molecule has 1 atom stereocenters. The highest BCUT2D eigenvalue weighted by atomic mass is 15.2. The van der Waals surface area contributed by atoms with Gasteiger partial charge >= 0.3 is 0 Å². The fraction of sp³-hybridized carbons (Fsp3) is 0. The Morgan fingerprint density at radius 3 is 2.88 bits per heavy atom. The van der Waals surface area contributed by atoms with Gasteiger partial charge in [-0.25, -0.2) is 4.99 Å². The van der Waals surface area contributed by atoms with Crippen LogP contribution in [0.25, 0.3) is 0 Å². The first-order chi connectivity index (χ1) is 3.80. The zero-order chi connectivity index (χ0) is 5.98. The number of hydrogen-bond acceptors (Lipinski definition) is 1. The average molecular weight is 108 g/mol. The molecule has 0 saturated heterocycles. The first-order valence-electron chi connectivity index (χ1n) is 2.39. The van der Waals surface area contributed by atoms with E-state index in [0.29, 0.717) is 0 Å². The van der Waals surface area contributed by atoms with Crippen molar-refractivity contribution in [3.05, 3.63) is 31.7 Å². The van der Waals surface area contributed by atoms with E-state index >= 15 is 0 Å². The molecule has 1 unspecified atom stereocenters. The second-order valence-electron chi connectivity index (χ2n) is 1.61. The van der Waals surface area contributed by atoms with E-state index in [1.165, 1.54) is 0 Å². The Bertz CT molecular complexity index is 156. The number of aliphatic imine (C=N–C) groups is 1. The van der Waals surface area contributed by atoms with Gasteiger partial charge in [-0.3, -0.25) is 0 Å². The van der Waals surface area contributed by atoms with Crippen LogP contribution in [0.5, 0.6) is 0 Å². The molecule has 8 heavy (non-hydrogen) atoms. The van der Waals surface area contributed by atoms with Crippen LogP contribution in [0, 0.1) is 7.05 Å². The summed E-state index contributed by atoms with van der Waals surface area (Å²) in [6.45, 7) is 3.65. The van der Waals surface area contributed by atoms with E-state index < -0.39 is 0 Å². The molecule has 0 radical (unpaired) electrons. The van der Waals surface area contributed by atoms with Crippen LogP contribution in [0.2, 0.25) is 0 Å². The third kappa shape index (κ3) is 0.845. The van der Waals surface area contributed by atoms with Gasteiger partial charge in [-0.1, -0.05) is 0 Å². The van der Waals surface area contributed by atoms with Crippen molar-refractivity contribution in [1.82, 2.24) is 0 Å². The van der Waals surface area contributed by atoms with E-state index in [-0.39, 0.29) is 0 Å². The summed E-state index contributed by atoms with van der Waals surface area (Å²) in [4.78, 5) is 4.80. The average Bonchev–Trinajstić information content (AvgIpc) is 1.77. The van der Waals surface area contributed by atoms with Crippen molar-refractivity contribution < 1.29 is 4.90 Å². The van der Waals surface area contributed by atoms with Crippen LogP contribution >= 0.6 is 0 Å². The maximum absolute atomic E-state index is 3.91. The molecule has 2 heteroatoms. The van der Waals surface area contributed by atoms with Crippen molar-refractivity contribution >= 4 is 6.21 Å². The van der Waals surface area contributed by atoms with Crippen molar-refractivity contribution in [3.8, 4) is 0 Å². The van der Waals surface area contributed by atoms with Crippen LogP contribution in [-0.2, 0) is 0 Å². The highest BCUT2D eigenvalue weighted by molar-refractivity contribution is 5.72. The predicted molar refractivity (Wildman–Crippen MR) is 33.1 cm³/mol. The topological polar surface area (TPSA) is 16.8 Å². The molecule has 1 rings (SSSR count). The first-order valence-corrected chi connectivity index (χ1v) is 2.39. The van der Waals surface area contributed by atoms with Gasteiger partial charge in [0.1, 0.15) is 0 Å². The van der Waals surface area contributed by atoms with Gasteiger partial charge in [0.25, 0.3) is 0 Å². The van der Waals surface area contributed by atoms with Gasteiger partial charge in [-0.05, 0) is 6.58 Å². The van der Waals surface area contributed by atoms with Crippen LogP contribution in [-0.4, -0.2) is 6.21 Å². The summed E-state index contributed by atoms with van der Waals surface area (Å²) in [5.41, 5.74) is 0. The summed E-state index contributed by atoms with van der Waals surface area (Å²) < 4.78 is 0. The molecule has 42 valence electrons. The summed E-state index contributed by atoms with van der Waals surface area (Å²) in [7, 11) is 3.70.